The predicted octanol–water partition coefficient (Wildman–Crippen LogP) is 4.39. The minimum atomic E-state index is -1.12. The molecule has 0 saturated carbocycles. The Hall–Kier alpha value is -2.64. The second-order valence-electron chi connectivity index (χ2n) is 5.42. The lowest BCUT2D eigenvalue weighted by molar-refractivity contribution is -0.385. The first-order chi connectivity index (χ1) is 12.2. The van der Waals surface area contributed by atoms with Crippen molar-refractivity contribution in [2.45, 2.75) is 20.0 Å². The van der Waals surface area contributed by atoms with Crippen LogP contribution in [-0.4, -0.2) is 22.9 Å². The molecule has 1 atom stereocenters. The molecule has 0 aliphatic rings. The normalized spacial score (nSPS) is 11.5. The van der Waals surface area contributed by atoms with Crippen LogP contribution in [0.25, 0.3) is 0 Å². The van der Waals surface area contributed by atoms with Crippen LogP contribution in [0.4, 0.5) is 11.4 Å². The van der Waals surface area contributed by atoms with Gasteiger partial charge in [-0.2, -0.15) is 0 Å². The maximum absolute atomic E-state index is 12.2. The second-order valence-corrected chi connectivity index (χ2v) is 6.26. The number of anilines is 1. The topological polar surface area (TPSA) is 98.5 Å². The quantitative estimate of drug-likeness (QED) is 0.458. The van der Waals surface area contributed by atoms with Crippen molar-refractivity contribution in [1.82, 2.24) is 0 Å². The average Bonchev–Trinajstić information content (AvgIpc) is 2.57. The molecule has 0 aromatic heterocycles. The van der Waals surface area contributed by atoms with E-state index in [4.69, 9.17) is 27.9 Å². The van der Waals surface area contributed by atoms with E-state index in [-0.39, 0.29) is 16.3 Å². The number of hydrogen-bond acceptors (Lipinski definition) is 5. The molecule has 2 aromatic rings. The number of carbonyl (C=O) groups excluding carboxylic acids is 2. The molecular formula is C17H14Cl2N2O5. The number of benzene rings is 2. The van der Waals surface area contributed by atoms with E-state index in [1.807, 2.05) is 0 Å². The van der Waals surface area contributed by atoms with Crippen molar-refractivity contribution < 1.29 is 19.2 Å². The fourth-order valence-electron chi connectivity index (χ4n) is 2.10. The van der Waals surface area contributed by atoms with Gasteiger partial charge in [0, 0.05) is 16.7 Å². The smallest absolute Gasteiger partial charge is 0.338 e. The maximum Gasteiger partial charge on any atom is 0.338 e. The lowest BCUT2D eigenvalue weighted by Gasteiger charge is -2.14. The highest BCUT2D eigenvalue weighted by atomic mass is 35.5. The highest BCUT2D eigenvalue weighted by molar-refractivity contribution is 6.35. The van der Waals surface area contributed by atoms with E-state index in [0.717, 1.165) is 0 Å². The van der Waals surface area contributed by atoms with Gasteiger partial charge < -0.3 is 10.1 Å². The van der Waals surface area contributed by atoms with Gasteiger partial charge in [0.05, 0.1) is 21.2 Å². The third kappa shape index (κ3) is 4.71. The van der Waals surface area contributed by atoms with Gasteiger partial charge in [0.2, 0.25) is 0 Å². The highest BCUT2D eigenvalue weighted by Gasteiger charge is 2.21. The molecule has 0 radical (unpaired) electrons. The Kier molecular flexibility index (Phi) is 6.18. The zero-order valence-corrected chi connectivity index (χ0v) is 15.3. The number of nitro groups is 1. The first-order valence-corrected chi connectivity index (χ1v) is 8.16. The Labute approximate surface area is 159 Å². The van der Waals surface area contributed by atoms with Gasteiger partial charge in [-0.3, -0.25) is 14.9 Å². The molecular weight excluding hydrogens is 383 g/mol. The van der Waals surface area contributed by atoms with E-state index in [2.05, 4.69) is 5.32 Å². The number of carbonyl (C=O) groups is 2. The summed E-state index contributed by atoms with van der Waals surface area (Å²) in [7, 11) is 0. The minimum Gasteiger partial charge on any atom is -0.449 e. The first-order valence-electron chi connectivity index (χ1n) is 7.41. The van der Waals surface area contributed by atoms with Crippen LogP contribution >= 0.6 is 23.2 Å². The van der Waals surface area contributed by atoms with Gasteiger partial charge in [0.15, 0.2) is 6.10 Å². The molecule has 136 valence electrons. The van der Waals surface area contributed by atoms with Gasteiger partial charge >= 0.3 is 5.97 Å². The third-order valence-electron chi connectivity index (χ3n) is 3.47. The molecule has 2 rings (SSSR count). The summed E-state index contributed by atoms with van der Waals surface area (Å²) >= 11 is 11.8. The van der Waals surface area contributed by atoms with Crippen LogP contribution in [0.1, 0.15) is 22.8 Å². The summed E-state index contributed by atoms with van der Waals surface area (Å²) < 4.78 is 5.10. The average molecular weight is 397 g/mol. The third-order valence-corrected chi connectivity index (χ3v) is 4.03. The van der Waals surface area contributed by atoms with Crippen molar-refractivity contribution in [2.24, 2.45) is 0 Å². The summed E-state index contributed by atoms with van der Waals surface area (Å²) in [4.78, 5) is 34.6. The van der Waals surface area contributed by atoms with Crippen molar-refractivity contribution in [3.8, 4) is 0 Å². The van der Waals surface area contributed by atoms with Crippen LogP contribution in [0.3, 0.4) is 0 Å². The number of esters is 1. The minimum absolute atomic E-state index is 0.105. The van der Waals surface area contributed by atoms with E-state index >= 15 is 0 Å². The van der Waals surface area contributed by atoms with Crippen LogP contribution in [0.2, 0.25) is 10.0 Å². The lowest BCUT2D eigenvalue weighted by atomic mass is 10.1. The largest absolute Gasteiger partial charge is 0.449 e. The predicted molar refractivity (Wildman–Crippen MR) is 97.8 cm³/mol. The monoisotopic (exact) mass is 396 g/mol. The summed E-state index contributed by atoms with van der Waals surface area (Å²) in [5.41, 5.74) is 0.599. The van der Waals surface area contributed by atoms with Crippen LogP contribution < -0.4 is 5.32 Å². The second kappa shape index (κ2) is 8.16. The van der Waals surface area contributed by atoms with Crippen LogP contribution in [-0.2, 0) is 9.53 Å². The Morgan fingerprint density at radius 1 is 1.19 bits per heavy atom. The zero-order valence-electron chi connectivity index (χ0n) is 13.8. The maximum atomic E-state index is 12.2. The molecule has 0 spiro atoms. The molecule has 7 nitrogen and oxygen atoms in total. The first kappa shape index (κ1) is 19.7. The molecule has 1 N–H and O–H groups in total. The molecule has 0 aliphatic carbocycles. The summed E-state index contributed by atoms with van der Waals surface area (Å²) in [6.45, 7) is 2.90. The standard InChI is InChI=1S/C17H14Cl2N2O5/c1-9-7-11(3-6-15(9)21(24)25)17(23)26-10(2)16(22)20-14-8-12(18)4-5-13(14)19/h3-8,10H,1-2H3,(H,20,22)/t10-/m0/s1. The van der Waals surface area contributed by atoms with E-state index < -0.39 is 22.9 Å². The number of rotatable bonds is 5. The molecule has 0 fully saturated rings. The van der Waals surface area contributed by atoms with Crippen molar-refractivity contribution >= 4 is 46.5 Å². The Morgan fingerprint density at radius 3 is 2.50 bits per heavy atom. The van der Waals surface area contributed by atoms with Gasteiger partial charge in [-0.05, 0) is 44.2 Å². The van der Waals surface area contributed by atoms with E-state index in [1.165, 1.54) is 44.2 Å². The van der Waals surface area contributed by atoms with E-state index in [0.29, 0.717) is 16.3 Å². The number of aryl methyl sites for hydroxylation is 1. The molecule has 0 saturated heterocycles. The number of nitrogens with zero attached hydrogens (tertiary/aromatic N) is 1. The van der Waals surface area contributed by atoms with Crippen molar-refractivity contribution in [2.75, 3.05) is 5.32 Å². The molecule has 0 heterocycles. The molecule has 26 heavy (non-hydrogen) atoms. The van der Waals surface area contributed by atoms with Gasteiger partial charge in [0.25, 0.3) is 11.6 Å². The summed E-state index contributed by atoms with van der Waals surface area (Å²) in [5, 5.41) is 14.0. The van der Waals surface area contributed by atoms with Crippen LogP contribution in [0.5, 0.6) is 0 Å². The van der Waals surface area contributed by atoms with Crippen LogP contribution in [0.15, 0.2) is 36.4 Å². The summed E-state index contributed by atoms with van der Waals surface area (Å²) in [6, 6.07) is 8.37. The van der Waals surface area contributed by atoms with Crippen molar-refractivity contribution in [3.05, 3.63) is 67.7 Å². The number of nitro benzene ring substituents is 1. The molecule has 1 amide bonds. The zero-order chi connectivity index (χ0) is 19.4. The molecule has 0 aliphatic heterocycles. The molecule has 0 bridgehead atoms. The summed E-state index contributed by atoms with van der Waals surface area (Å²) in [6.07, 6.45) is -1.12. The van der Waals surface area contributed by atoms with Crippen molar-refractivity contribution in [3.63, 3.8) is 0 Å². The van der Waals surface area contributed by atoms with Crippen molar-refractivity contribution in [1.29, 1.82) is 0 Å². The van der Waals surface area contributed by atoms with Gasteiger partial charge in [-0.15, -0.1) is 0 Å². The van der Waals surface area contributed by atoms with Gasteiger partial charge in [0.1, 0.15) is 0 Å². The van der Waals surface area contributed by atoms with E-state index in [9.17, 15) is 19.7 Å². The molecule has 2 aromatic carbocycles. The number of nitrogens with one attached hydrogen (secondary N) is 1. The fraction of sp³-hybridized carbons (Fsp3) is 0.176. The molecule has 0 unspecified atom stereocenters. The number of ether oxygens (including phenoxy) is 1. The Bertz CT molecular complexity index is 885. The van der Waals surface area contributed by atoms with Crippen LogP contribution in [0, 0.1) is 17.0 Å². The SMILES string of the molecule is Cc1cc(C(=O)O[C@@H](C)C(=O)Nc2cc(Cl)ccc2Cl)ccc1[N+](=O)[O-]. The van der Waals surface area contributed by atoms with E-state index in [1.54, 1.807) is 6.07 Å². The molecule has 9 heteroatoms. The Morgan fingerprint density at radius 2 is 1.88 bits per heavy atom. The number of hydrogen-bond donors (Lipinski definition) is 1. The highest BCUT2D eigenvalue weighted by Crippen LogP contribution is 2.26. The summed E-state index contributed by atoms with van der Waals surface area (Å²) in [5.74, 6) is -1.37. The number of amides is 1. The fourth-order valence-corrected chi connectivity index (χ4v) is 2.43. The lowest BCUT2D eigenvalue weighted by Crippen LogP contribution is -2.30. The number of halogens is 2. The Balaban J connectivity index is 2.06. The van der Waals surface area contributed by atoms with Gasteiger partial charge in [-0.1, -0.05) is 23.2 Å². The van der Waals surface area contributed by atoms with Gasteiger partial charge in [-0.25, -0.2) is 4.79 Å².